The van der Waals surface area contributed by atoms with E-state index in [-0.39, 0.29) is 0 Å². The van der Waals surface area contributed by atoms with Crippen LogP contribution < -0.4 is 5.32 Å². The van der Waals surface area contributed by atoms with Crippen LogP contribution in [0.25, 0.3) is 0 Å². The molecule has 2 rings (SSSR count). The molecule has 2 atom stereocenters. The molecule has 0 aliphatic heterocycles. The van der Waals surface area contributed by atoms with Crippen LogP contribution >= 0.6 is 0 Å². The van der Waals surface area contributed by atoms with Gasteiger partial charge < -0.3 is 5.32 Å². The van der Waals surface area contributed by atoms with Crippen molar-refractivity contribution in [1.29, 1.82) is 0 Å². The maximum absolute atomic E-state index is 4.17. The standard InChI is InChI=1S/C14H23N3/c1-2-15-8-12-6-4-3-5-7-14(12)13-9-16-11-17-10-13/h9-12,14-15H,2-8H2,1H3. The molecule has 1 aromatic rings. The second-order valence-corrected chi connectivity index (χ2v) is 4.98. The van der Waals surface area contributed by atoms with Crippen molar-refractivity contribution in [2.45, 2.75) is 44.9 Å². The van der Waals surface area contributed by atoms with Gasteiger partial charge in [-0.3, -0.25) is 0 Å². The molecule has 3 nitrogen and oxygen atoms in total. The third kappa shape index (κ3) is 3.50. The first-order chi connectivity index (χ1) is 8.42. The van der Waals surface area contributed by atoms with Crippen molar-refractivity contribution in [3.63, 3.8) is 0 Å². The largest absolute Gasteiger partial charge is 0.317 e. The van der Waals surface area contributed by atoms with Crippen molar-refractivity contribution < 1.29 is 0 Å². The number of nitrogens with zero attached hydrogens (tertiary/aromatic N) is 2. The van der Waals surface area contributed by atoms with E-state index in [4.69, 9.17) is 0 Å². The summed E-state index contributed by atoms with van der Waals surface area (Å²) in [6, 6.07) is 0. The highest BCUT2D eigenvalue weighted by molar-refractivity contribution is 5.12. The summed E-state index contributed by atoms with van der Waals surface area (Å²) in [4.78, 5) is 8.35. The summed E-state index contributed by atoms with van der Waals surface area (Å²) in [6.07, 6.45) is 12.4. The van der Waals surface area contributed by atoms with Crippen molar-refractivity contribution >= 4 is 0 Å². The van der Waals surface area contributed by atoms with Crippen LogP contribution in [0.5, 0.6) is 0 Å². The van der Waals surface area contributed by atoms with Gasteiger partial charge in [-0.15, -0.1) is 0 Å². The van der Waals surface area contributed by atoms with Crippen LogP contribution in [0.4, 0.5) is 0 Å². The number of nitrogens with one attached hydrogen (secondary N) is 1. The minimum atomic E-state index is 0.651. The predicted molar refractivity (Wildman–Crippen MR) is 69.9 cm³/mol. The lowest BCUT2D eigenvalue weighted by atomic mass is 9.83. The second-order valence-electron chi connectivity index (χ2n) is 4.98. The van der Waals surface area contributed by atoms with Gasteiger partial charge in [0.2, 0.25) is 0 Å². The van der Waals surface area contributed by atoms with Crippen molar-refractivity contribution in [2.24, 2.45) is 5.92 Å². The topological polar surface area (TPSA) is 37.8 Å². The van der Waals surface area contributed by atoms with Crippen LogP contribution in [0.15, 0.2) is 18.7 Å². The van der Waals surface area contributed by atoms with Crippen LogP contribution in [-0.4, -0.2) is 23.1 Å². The Kier molecular flexibility index (Phi) is 4.92. The highest BCUT2D eigenvalue weighted by atomic mass is 14.9. The Bertz CT molecular complexity index is 313. The third-order valence-electron chi connectivity index (χ3n) is 3.82. The lowest BCUT2D eigenvalue weighted by Gasteiger charge is -2.25. The van der Waals surface area contributed by atoms with E-state index < -0.39 is 0 Å². The van der Waals surface area contributed by atoms with Crippen LogP contribution in [0.3, 0.4) is 0 Å². The molecule has 0 bridgehead atoms. The molecule has 1 aliphatic carbocycles. The smallest absolute Gasteiger partial charge is 0.115 e. The quantitative estimate of drug-likeness (QED) is 0.813. The molecule has 0 amide bonds. The number of aromatic nitrogens is 2. The molecule has 1 saturated carbocycles. The lowest BCUT2D eigenvalue weighted by Crippen LogP contribution is -2.26. The number of hydrogen-bond acceptors (Lipinski definition) is 3. The molecule has 94 valence electrons. The summed E-state index contributed by atoms with van der Waals surface area (Å²) < 4.78 is 0. The van der Waals surface area contributed by atoms with Gasteiger partial charge in [-0.1, -0.05) is 26.2 Å². The summed E-state index contributed by atoms with van der Waals surface area (Å²) in [5.74, 6) is 1.40. The van der Waals surface area contributed by atoms with Crippen LogP contribution in [0.2, 0.25) is 0 Å². The Balaban J connectivity index is 2.08. The fraction of sp³-hybridized carbons (Fsp3) is 0.714. The summed E-state index contributed by atoms with van der Waals surface area (Å²) in [7, 11) is 0. The van der Waals surface area contributed by atoms with Crippen molar-refractivity contribution in [1.82, 2.24) is 15.3 Å². The highest BCUT2D eigenvalue weighted by Crippen LogP contribution is 2.35. The molecule has 2 unspecified atom stereocenters. The molecule has 3 heteroatoms. The van der Waals surface area contributed by atoms with E-state index in [2.05, 4.69) is 22.2 Å². The van der Waals surface area contributed by atoms with E-state index in [9.17, 15) is 0 Å². The molecule has 1 N–H and O–H groups in total. The number of rotatable bonds is 4. The van der Waals surface area contributed by atoms with Gasteiger partial charge in [0.25, 0.3) is 0 Å². The van der Waals surface area contributed by atoms with E-state index in [1.807, 2.05) is 12.4 Å². The van der Waals surface area contributed by atoms with E-state index in [0.29, 0.717) is 5.92 Å². The van der Waals surface area contributed by atoms with Crippen LogP contribution in [0.1, 0.15) is 50.5 Å². The number of hydrogen-bond donors (Lipinski definition) is 1. The molecule has 1 aliphatic rings. The molecule has 0 radical (unpaired) electrons. The first-order valence-corrected chi connectivity index (χ1v) is 6.87. The van der Waals surface area contributed by atoms with Crippen molar-refractivity contribution in [2.75, 3.05) is 13.1 Å². The first-order valence-electron chi connectivity index (χ1n) is 6.87. The zero-order chi connectivity index (χ0) is 11.9. The van der Waals surface area contributed by atoms with Gasteiger partial charge in [0.05, 0.1) is 0 Å². The Labute approximate surface area is 104 Å². The normalized spacial score (nSPS) is 25.5. The van der Waals surface area contributed by atoms with Crippen LogP contribution in [0, 0.1) is 5.92 Å². The monoisotopic (exact) mass is 233 g/mol. The van der Waals surface area contributed by atoms with Gasteiger partial charge in [0, 0.05) is 12.4 Å². The predicted octanol–water partition coefficient (Wildman–Crippen LogP) is 2.75. The maximum atomic E-state index is 4.17. The molecular formula is C14H23N3. The SMILES string of the molecule is CCNCC1CCCCCC1c1cncnc1. The molecule has 1 fully saturated rings. The summed E-state index contributed by atoms with van der Waals surface area (Å²) in [5.41, 5.74) is 1.33. The minimum absolute atomic E-state index is 0.651. The summed E-state index contributed by atoms with van der Waals surface area (Å²) in [5, 5.41) is 3.50. The summed E-state index contributed by atoms with van der Waals surface area (Å²) >= 11 is 0. The Morgan fingerprint density at radius 1 is 1.18 bits per heavy atom. The van der Waals surface area contributed by atoms with E-state index in [1.165, 1.54) is 37.7 Å². The second kappa shape index (κ2) is 6.70. The molecular weight excluding hydrogens is 210 g/mol. The average molecular weight is 233 g/mol. The van der Waals surface area contributed by atoms with Gasteiger partial charge in [0.1, 0.15) is 6.33 Å². The van der Waals surface area contributed by atoms with Gasteiger partial charge in [-0.2, -0.15) is 0 Å². The molecule has 1 aromatic heterocycles. The molecule has 17 heavy (non-hydrogen) atoms. The zero-order valence-electron chi connectivity index (χ0n) is 10.7. The highest BCUT2D eigenvalue weighted by Gasteiger charge is 2.24. The molecule has 1 heterocycles. The zero-order valence-corrected chi connectivity index (χ0v) is 10.7. The summed E-state index contributed by atoms with van der Waals surface area (Å²) in [6.45, 7) is 4.38. The van der Waals surface area contributed by atoms with Gasteiger partial charge in [-0.25, -0.2) is 9.97 Å². The maximum Gasteiger partial charge on any atom is 0.115 e. The first kappa shape index (κ1) is 12.5. The Morgan fingerprint density at radius 2 is 1.94 bits per heavy atom. The van der Waals surface area contributed by atoms with E-state index >= 15 is 0 Å². The minimum Gasteiger partial charge on any atom is -0.317 e. The lowest BCUT2D eigenvalue weighted by molar-refractivity contribution is 0.377. The van der Waals surface area contributed by atoms with Gasteiger partial charge in [0.15, 0.2) is 0 Å². The Morgan fingerprint density at radius 3 is 2.71 bits per heavy atom. The van der Waals surface area contributed by atoms with Crippen molar-refractivity contribution in [3.8, 4) is 0 Å². The molecule has 0 aromatic carbocycles. The Hall–Kier alpha value is -0.960. The molecule has 0 spiro atoms. The molecule has 0 saturated heterocycles. The fourth-order valence-electron chi connectivity index (χ4n) is 2.90. The fourth-order valence-corrected chi connectivity index (χ4v) is 2.90. The van der Waals surface area contributed by atoms with E-state index in [0.717, 1.165) is 19.0 Å². The van der Waals surface area contributed by atoms with Gasteiger partial charge in [-0.05, 0) is 43.3 Å². The van der Waals surface area contributed by atoms with Gasteiger partial charge >= 0.3 is 0 Å². The van der Waals surface area contributed by atoms with E-state index in [1.54, 1.807) is 6.33 Å². The average Bonchev–Trinajstić information content (AvgIpc) is 2.62. The van der Waals surface area contributed by atoms with Crippen molar-refractivity contribution in [3.05, 3.63) is 24.3 Å². The van der Waals surface area contributed by atoms with Crippen LogP contribution in [-0.2, 0) is 0 Å². The third-order valence-corrected chi connectivity index (χ3v) is 3.82.